The minimum Gasteiger partial charge on any atom is -0.384 e. The number of hydrogen-bond acceptors (Lipinski definition) is 5. The molecule has 7 nitrogen and oxygen atoms in total. The average molecular weight is 329 g/mol. The van der Waals surface area contributed by atoms with Crippen molar-refractivity contribution in [2.45, 2.75) is 19.4 Å². The number of carbonyl (C=O) groups is 1. The molecule has 24 heavy (non-hydrogen) atoms. The SMILES string of the molecule is COCC1(C(=O)Nc2cccc(Cn3cncn3)c2)CCNCC1. The van der Waals surface area contributed by atoms with E-state index in [2.05, 4.69) is 20.7 Å². The molecule has 1 aliphatic heterocycles. The van der Waals surface area contributed by atoms with Gasteiger partial charge in [0.2, 0.25) is 5.91 Å². The lowest BCUT2D eigenvalue weighted by Gasteiger charge is -2.35. The van der Waals surface area contributed by atoms with E-state index in [1.807, 2.05) is 24.3 Å². The molecule has 2 heterocycles. The number of nitrogens with one attached hydrogen (secondary N) is 2. The van der Waals surface area contributed by atoms with E-state index in [9.17, 15) is 4.79 Å². The Hall–Kier alpha value is -2.25. The summed E-state index contributed by atoms with van der Waals surface area (Å²) in [6.45, 7) is 2.74. The van der Waals surface area contributed by atoms with Gasteiger partial charge in [-0.05, 0) is 43.6 Å². The molecule has 0 aliphatic carbocycles. The lowest BCUT2D eigenvalue weighted by atomic mass is 9.78. The molecular weight excluding hydrogens is 306 g/mol. The molecule has 0 unspecified atom stereocenters. The summed E-state index contributed by atoms with van der Waals surface area (Å²) < 4.78 is 7.08. The topological polar surface area (TPSA) is 81.1 Å². The maximum Gasteiger partial charge on any atom is 0.233 e. The van der Waals surface area contributed by atoms with Gasteiger partial charge in [0.25, 0.3) is 0 Å². The summed E-state index contributed by atoms with van der Waals surface area (Å²) in [4.78, 5) is 16.8. The van der Waals surface area contributed by atoms with Gasteiger partial charge in [-0.25, -0.2) is 9.67 Å². The Morgan fingerprint density at radius 3 is 2.96 bits per heavy atom. The van der Waals surface area contributed by atoms with Gasteiger partial charge in [-0.1, -0.05) is 12.1 Å². The predicted octanol–water partition coefficient (Wildman–Crippen LogP) is 1.28. The van der Waals surface area contributed by atoms with Crippen molar-refractivity contribution in [2.24, 2.45) is 5.41 Å². The fraction of sp³-hybridized carbons (Fsp3) is 0.471. The number of aromatic nitrogens is 3. The highest BCUT2D eigenvalue weighted by molar-refractivity contribution is 5.95. The summed E-state index contributed by atoms with van der Waals surface area (Å²) in [5.41, 5.74) is 1.40. The van der Waals surface area contributed by atoms with Crippen LogP contribution < -0.4 is 10.6 Å². The number of nitrogens with zero attached hydrogens (tertiary/aromatic N) is 3. The summed E-state index contributed by atoms with van der Waals surface area (Å²) in [5, 5.41) is 10.5. The van der Waals surface area contributed by atoms with Gasteiger partial charge in [-0.3, -0.25) is 4.79 Å². The molecule has 1 saturated heterocycles. The fourth-order valence-corrected chi connectivity index (χ4v) is 3.13. The van der Waals surface area contributed by atoms with Crippen LogP contribution in [-0.2, 0) is 16.1 Å². The van der Waals surface area contributed by atoms with Gasteiger partial charge in [0.05, 0.1) is 18.6 Å². The predicted molar refractivity (Wildman–Crippen MR) is 90.6 cm³/mol. The van der Waals surface area contributed by atoms with E-state index < -0.39 is 5.41 Å². The van der Waals surface area contributed by atoms with Gasteiger partial charge in [0, 0.05) is 12.8 Å². The molecule has 0 bridgehead atoms. The van der Waals surface area contributed by atoms with Gasteiger partial charge in [-0.15, -0.1) is 0 Å². The van der Waals surface area contributed by atoms with Crippen molar-refractivity contribution in [2.75, 3.05) is 32.1 Å². The van der Waals surface area contributed by atoms with Gasteiger partial charge in [0.1, 0.15) is 12.7 Å². The van der Waals surface area contributed by atoms with E-state index in [0.717, 1.165) is 37.2 Å². The quantitative estimate of drug-likeness (QED) is 0.834. The van der Waals surface area contributed by atoms with Crippen LogP contribution >= 0.6 is 0 Å². The first kappa shape index (κ1) is 16.6. The van der Waals surface area contributed by atoms with Gasteiger partial charge < -0.3 is 15.4 Å². The highest BCUT2D eigenvalue weighted by Crippen LogP contribution is 2.31. The fourth-order valence-electron chi connectivity index (χ4n) is 3.13. The third kappa shape index (κ3) is 3.80. The van der Waals surface area contributed by atoms with Crippen LogP contribution in [0.1, 0.15) is 18.4 Å². The Morgan fingerprint density at radius 1 is 1.42 bits per heavy atom. The van der Waals surface area contributed by atoms with Crippen LogP contribution in [0.4, 0.5) is 5.69 Å². The van der Waals surface area contributed by atoms with Crippen LogP contribution in [0, 0.1) is 5.41 Å². The minimum absolute atomic E-state index is 0.0313. The Kier molecular flexibility index (Phi) is 5.22. The number of benzene rings is 1. The molecule has 1 amide bonds. The molecule has 0 radical (unpaired) electrons. The first-order chi connectivity index (χ1) is 11.7. The summed E-state index contributed by atoms with van der Waals surface area (Å²) in [6.07, 6.45) is 4.75. The maximum atomic E-state index is 12.9. The van der Waals surface area contributed by atoms with Gasteiger partial charge in [-0.2, -0.15) is 5.10 Å². The number of hydrogen-bond donors (Lipinski definition) is 2. The molecule has 1 aromatic heterocycles. The second kappa shape index (κ2) is 7.55. The summed E-state index contributed by atoms with van der Waals surface area (Å²) >= 11 is 0. The van der Waals surface area contributed by atoms with E-state index >= 15 is 0 Å². The molecule has 2 aromatic rings. The number of methoxy groups -OCH3 is 1. The zero-order chi connectivity index (χ0) is 16.8. The molecular formula is C17H23N5O2. The molecule has 128 valence electrons. The van der Waals surface area contributed by atoms with Crippen LogP contribution in [-0.4, -0.2) is 47.5 Å². The van der Waals surface area contributed by atoms with Crippen LogP contribution in [0.2, 0.25) is 0 Å². The van der Waals surface area contributed by atoms with E-state index in [4.69, 9.17) is 4.74 Å². The monoisotopic (exact) mass is 329 g/mol. The Balaban J connectivity index is 1.71. The first-order valence-electron chi connectivity index (χ1n) is 8.14. The van der Waals surface area contributed by atoms with E-state index in [1.165, 1.54) is 6.33 Å². The van der Waals surface area contributed by atoms with Crippen LogP contribution in [0.15, 0.2) is 36.9 Å². The minimum atomic E-state index is -0.456. The van der Waals surface area contributed by atoms with Crippen molar-refractivity contribution < 1.29 is 9.53 Å². The van der Waals surface area contributed by atoms with Crippen molar-refractivity contribution in [3.05, 3.63) is 42.5 Å². The standard InChI is InChI=1S/C17H23N5O2/c1-24-11-17(5-7-18-8-6-17)16(23)21-15-4-2-3-14(9-15)10-22-13-19-12-20-22/h2-4,9,12-13,18H,5-8,10-11H2,1H3,(H,21,23). The second-order valence-electron chi connectivity index (χ2n) is 6.21. The molecule has 0 spiro atoms. The second-order valence-corrected chi connectivity index (χ2v) is 6.21. The lowest BCUT2D eigenvalue weighted by molar-refractivity contribution is -0.130. The molecule has 1 fully saturated rings. The average Bonchev–Trinajstić information content (AvgIpc) is 3.09. The third-order valence-corrected chi connectivity index (χ3v) is 4.46. The van der Waals surface area contributed by atoms with Crippen LogP contribution in [0.3, 0.4) is 0 Å². The number of amides is 1. The molecule has 1 aromatic carbocycles. The van der Waals surface area contributed by atoms with E-state index in [-0.39, 0.29) is 5.91 Å². The summed E-state index contributed by atoms with van der Waals surface area (Å²) in [7, 11) is 1.65. The smallest absolute Gasteiger partial charge is 0.233 e. The summed E-state index contributed by atoms with van der Waals surface area (Å²) in [5.74, 6) is 0.0313. The first-order valence-corrected chi connectivity index (χ1v) is 8.14. The van der Waals surface area contributed by atoms with Crippen molar-refractivity contribution in [1.29, 1.82) is 0 Å². The van der Waals surface area contributed by atoms with Crippen molar-refractivity contribution in [3.8, 4) is 0 Å². The number of rotatable bonds is 6. The molecule has 2 N–H and O–H groups in total. The van der Waals surface area contributed by atoms with E-state index in [1.54, 1.807) is 18.1 Å². The highest BCUT2D eigenvalue weighted by atomic mass is 16.5. The zero-order valence-electron chi connectivity index (χ0n) is 13.9. The van der Waals surface area contributed by atoms with Crippen LogP contribution in [0.25, 0.3) is 0 Å². The zero-order valence-corrected chi connectivity index (χ0v) is 13.9. The molecule has 0 atom stereocenters. The van der Waals surface area contributed by atoms with Gasteiger partial charge >= 0.3 is 0 Å². The van der Waals surface area contributed by atoms with Crippen molar-refractivity contribution >= 4 is 11.6 Å². The Labute approximate surface area is 141 Å². The molecule has 7 heteroatoms. The highest BCUT2D eigenvalue weighted by Gasteiger charge is 2.39. The van der Waals surface area contributed by atoms with Crippen molar-refractivity contribution in [3.63, 3.8) is 0 Å². The molecule has 3 rings (SSSR count). The third-order valence-electron chi connectivity index (χ3n) is 4.46. The van der Waals surface area contributed by atoms with Gasteiger partial charge in [0.15, 0.2) is 0 Å². The number of carbonyl (C=O) groups excluding carboxylic acids is 1. The maximum absolute atomic E-state index is 12.9. The number of ether oxygens (including phenoxy) is 1. The van der Waals surface area contributed by atoms with E-state index in [0.29, 0.717) is 13.2 Å². The summed E-state index contributed by atoms with van der Waals surface area (Å²) in [6, 6.07) is 7.82. The number of anilines is 1. The Morgan fingerprint density at radius 2 is 2.25 bits per heavy atom. The number of piperidine rings is 1. The largest absolute Gasteiger partial charge is 0.384 e. The van der Waals surface area contributed by atoms with Crippen LogP contribution in [0.5, 0.6) is 0 Å². The molecule has 1 aliphatic rings. The Bertz CT molecular complexity index is 660. The molecule has 0 saturated carbocycles. The van der Waals surface area contributed by atoms with Crippen molar-refractivity contribution in [1.82, 2.24) is 20.1 Å². The normalized spacial score (nSPS) is 16.7. The lowest BCUT2D eigenvalue weighted by Crippen LogP contribution is -2.47.